The lowest BCUT2D eigenvalue weighted by molar-refractivity contribution is -0.161. The van der Waals surface area contributed by atoms with E-state index in [1.807, 2.05) is 12.1 Å². The summed E-state index contributed by atoms with van der Waals surface area (Å²) in [6.07, 6.45) is 7.31. The molecule has 2 aliphatic rings. The van der Waals surface area contributed by atoms with Crippen molar-refractivity contribution in [2.24, 2.45) is 0 Å². The largest absolute Gasteiger partial charge is 0.465 e. The quantitative estimate of drug-likeness (QED) is 0.726. The molecule has 0 spiro atoms. The molecular formula is C18H25BrO4. The van der Waals surface area contributed by atoms with Crippen LogP contribution in [0.2, 0.25) is 0 Å². The van der Waals surface area contributed by atoms with E-state index < -0.39 is 0 Å². The average Bonchev–Trinajstić information content (AvgIpc) is 2.59. The molecule has 5 heteroatoms. The van der Waals surface area contributed by atoms with Crippen LogP contribution in [0.4, 0.5) is 0 Å². The zero-order chi connectivity index (χ0) is 15.9. The van der Waals surface area contributed by atoms with Crippen LogP contribution in [0.1, 0.15) is 44.1 Å². The van der Waals surface area contributed by atoms with Gasteiger partial charge in [-0.25, -0.2) is 0 Å². The second-order valence-corrected chi connectivity index (χ2v) is 6.94. The van der Waals surface area contributed by atoms with Gasteiger partial charge in [-0.15, -0.1) is 0 Å². The van der Waals surface area contributed by atoms with E-state index in [4.69, 9.17) is 18.9 Å². The lowest BCUT2D eigenvalue weighted by Crippen LogP contribution is -2.25. The molecule has 128 valence electrons. The molecule has 2 fully saturated rings. The Morgan fingerprint density at radius 2 is 1.74 bits per heavy atom. The van der Waals surface area contributed by atoms with Crippen LogP contribution >= 0.6 is 15.9 Å². The highest BCUT2D eigenvalue weighted by atomic mass is 79.9. The molecular weight excluding hydrogens is 360 g/mol. The third-order valence-corrected chi connectivity index (χ3v) is 5.01. The molecule has 0 N–H and O–H groups in total. The summed E-state index contributed by atoms with van der Waals surface area (Å²) in [6.45, 7) is 2.27. The van der Waals surface area contributed by atoms with E-state index in [9.17, 15) is 0 Å². The van der Waals surface area contributed by atoms with Crippen molar-refractivity contribution in [1.82, 2.24) is 0 Å². The predicted molar refractivity (Wildman–Crippen MR) is 91.6 cm³/mol. The number of hydrogen-bond donors (Lipinski definition) is 0. The van der Waals surface area contributed by atoms with Crippen molar-refractivity contribution in [2.45, 2.75) is 57.5 Å². The van der Waals surface area contributed by atoms with E-state index in [0.29, 0.717) is 6.61 Å². The highest BCUT2D eigenvalue weighted by Crippen LogP contribution is 2.26. The van der Waals surface area contributed by atoms with E-state index in [1.54, 1.807) is 0 Å². The van der Waals surface area contributed by atoms with E-state index in [1.165, 1.54) is 18.4 Å². The van der Waals surface area contributed by atoms with Crippen LogP contribution < -0.4 is 4.74 Å². The van der Waals surface area contributed by atoms with Gasteiger partial charge in [0.2, 0.25) is 0 Å². The molecule has 1 aromatic carbocycles. The van der Waals surface area contributed by atoms with Crippen molar-refractivity contribution in [1.29, 1.82) is 0 Å². The molecule has 1 aromatic rings. The molecule has 23 heavy (non-hydrogen) atoms. The minimum absolute atomic E-state index is 0.0300. The van der Waals surface area contributed by atoms with Gasteiger partial charge >= 0.3 is 0 Å². The summed E-state index contributed by atoms with van der Waals surface area (Å²) >= 11 is 3.61. The van der Waals surface area contributed by atoms with E-state index in [2.05, 4.69) is 22.0 Å². The number of halogens is 1. The third-order valence-electron chi connectivity index (χ3n) is 4.24. The smallest absolute Gasteiger partial charge is 0.199 e. The minimum Gasteiger partial charge on any atom is -0.465 e. The average molecular weight is 385 g/mol. The third kappa shape index (κ3) is 5.45. The van der Waals surface area contributed by atoms with Gasteiger partial charge in [-0.3, -0.25) is 0 Å². The van der Waals surface area contributed by atoms with Crippen molar-refractivity contribution in [3.05, 3.63) is 28.2 Å². The molecule has 0 bridgehead atoms. The summed E-state index contributed by atoms with van der Waals surface area (Å²) in [5, 5.41) is 0. The molecule has 0 aromatic heterocycles. The molecule has 2 unspecified atom stereocenters. The monoisotopic (exact) mass is 384 g/mol. The molecule has 2 saturated heterocycles. The zero-order valence-electron chi connectivity index (χ0n) is 13.5. The fraction of sp³-hybridized carbons (Fsp3) is 0.667. The maximum Gasteiger partial charge on any atom is 0.199 e. The van der Waals surface area contributed by atoms with E-state index in [-0.39, 0.29) is 12.6 Å². The number of rotatable bonds is 6. The highest BCUT2D eigenvalue weighted by molar-refractivity contribution is 9.10. The Balaban J connectivity index is 1.50. The SMILES string of the molecule is Brc1ccc(OC2CCCCO2)cc1CCOC1CCCCO1. The Labute approximate surface area is 146 Å². The van der Waals surface area contributed by atoms with Crippen molar-refractivity contribution >= 4 is 15.9 Å². The van der Waals surface area contributed by atoms with Crippen LogP contribution in [-0.2, 0) is 20.6 Å². The molecule has 4 nitrogen and oxygen atoms in total. The molecule has 2 aliphatic heterocycles. The minimum atomic E-state index is -0.107. The molecule has 0 radical (unpaired) electrons. The second kappa shape index (κ2) is 9.02. The maximum absolute atomic E-state index is 5.94. The Morgan fingerprint density at radius 1 is 1.00 bits per heavy atom. The van der Waals surface area contributed by atoms with Gasteiger partial charge < -0.3 is 18.9 Å². The Morgan fingerprint density at radius 3 is 2.43 bits per heavy atom. The fourth-order valence-electron chi connectivity index (χ4n) is 2.91. The molecule has 2 heterocycles. The fourth-order valence-corrected chi connectivity index (χ4v) is 3.36. The summed E-state index contributed by atoms with van der Waals surface area (Å²) in [4.78, 5) is 0. The van der Waals surface area contributed by atoms with Gasteiger partial charge in [0.15, 0.2) is 12.6 Å². The topological polar surface area (TPSA) is 36.9 Å². The lowest BCUT2D eigenvalue weighted by atomic mass is 10.1. The Hall–Kier alpha value is -0.620. The first-order valence-electron chi connectivity index (χ1n) is 8.61. The van der Waals surface area contributed by atoms with E-state index >= 15 is 0 Å². The molecule has 3 rings (SSSR count). The number of hydrogen-bond acceptors (Lipinski definition) is 4. The van der Waals surface area contributed by atoms with Gasteiger partial charge in [0, 0.05) is 17.5 Å². The Kier molecular flexibility index (Phi) is 6.75. The van der Waals surface area contributed by atoms with Crippen LogP contribution in [0.3, 0.4) is 0 Å². The number of ether oxygens (including phenoxy) is 4. The van der Waals surface area contributed by atoms with Gasteiger partial charge in [-0.2, -0.15) is 0 Å². The zero-order valence-corrected chi connectivity index (χ0v) is 15.1. The highest BCUT2D eigenvalue weighted by Gasteiger charge is 2.16. The first-order valence-corrected chi connectivity index (χ1v) is 9.40. The van der Waals surface area contributed by atoms with Crippen molar-refractivity contribution in [2.75, 3.05) is 19.8 Å². The van der Waals surface area contributed by atoms with Crippen LogP contribution in [0.15, 0.2) is 22.7 Å². The summed E-state index contributed by atoms with van der Waals surface area (Å²) in [5.41, 5.74) is 1.19. The normalized spacial score (nSPS) is 25.3. The van der Waals surface area contributed by atoms with Crippen LogP contribution in [-0.4, -0.2) is 32.4 Å². The van der Waals surface area contributed by atoms with Crippen LogP contribution in [0.5, 0.6) is 5.75 Å². The van der Waals surface area contributed by atoms with Gasteiger partial charge in [0.1, 0.15) is 5.75 Å². The molecule has 0 saturated carbocycles. The van der Waals surface area contributed by atoms with Crippen LogP contribution in [0.25, 0.3) is 0 Å². The second-order valence-electron chi connectivity index (χ2n) is 6.08. The van der Waals surface area contributed by atoms with Crippen molar-refractivity contribution < 1.29 is 18.9 Å². The van der Waals surface area contributed by atoms with Crippen molar-refractivity contribution in [3.8, 4) is 5.75 Å². The first-order chi connectivity index (χ1) is 11.3. The van der Waals surface area contributed by atoms with Gasteiger partial charge in [0.25, 0.3) is 0 Å². The molecule has 0 amide bonds. The molecule has 0 aliphatic carbocycles. The standard InChI is InChI=1S/C18H25BrO4/c19-16-8-7-15(23-18-6-2-4-11-21-18)13-14(16)9-12-22-17-5-1-3-10-20-17/h7-8,13,17-18H,1-6,9-12H2. The van der Waals surface area contributed by atoms with E-state index in [0.717, 1.165) is 55.5 Å². The summed E-state index contributed by atoms with van der Waals surface area (Å²) in [5.74, 6) is 0.865. The maximum atomic E-state index is 5.94. The van der Waals surface area contributed by atoms with Gasteiger partial charge in [-0.05, 0) is 62.3 Å². The summed E-state index contributed by atoms with van der Waals surface area (Å²) in [6, 6.07) is 6.09. The van der Waals surface area contributed by atoms with Gasteiger partial charge in [0.05, 0.1) is 13.2 Å². The van der Waals surface area contributed by atoms with Gasteiger partial charge in [-0.1, -0.05) is 15.9 Å². The summed E-state index contributed by atoms with van der Waals surface area (Å²) in [7, 11) is 0. The van der Waals surface area contributed by atoms with Crippen LogP contribution in [0, 0.1) is 0 Å². The first kappa shape index (κ1) is 17.2. The number of benzene rings is 1. The molecule has 2 atom stereocenters. The lowest BCUT2D eigenvalue weighted by Gasteiger charge is -2.24. The predicted octanol–water partition coefficient (Wildman–Crippen LogP) is 4.44. The summed E-state index contributed by atoms with van der Waals surface area (Å²) < 4.78 is 24.1. The van der Waals surface area contributed by atoms with Crippen molar-refractivity contribution in [3.63, 3.8) is 0 Å². The Bertz CT molecular complexity index is 482.